The Balaban J connectivity index is 1.48. The fourth-order valence-electron chi connectivity index (χ4n) is 4.41. The van der Waals surface area contributed by atoms with E-state index in [1.165, 1.54) is 17.0 Å². The second-order valence-electron chi connectivity index (χ2n) is 9.28. The Morgan fingerprint density at radius 1 is 0.944 bits per heavy atom. The fourth-order valence-corrected chi connectivity index (χ4v) is 5.31. The normalized spacial score (nSPS) is 15.1. The third-order valence-corrected chi connectivity index (χ3v) is 7.36. The lowest BCUT2D eigenvalue weighted by Gasteiger charge is -2.29. The van der Waals surface area contributed by atoms with Crippen molar-refractivity contribution in [2.45, 2.75) is 51.8 Å². The maximum atomic E-state index is 13.6. The molecule has 1 aromatic heterocycles. The minimum absolute atomic E-state index is 0.000957. The number of nitrogens with zero attached hydrogens (tertiary/aromatic N) is 2. The Bertz CT molecular complexity index is 1130. The molecule has 0 bridgehead atoms. The van der Waals surface area contributed by atoms with Crippen LogP contribution in [0.3, 0.4) is 0 Å². The van der Waals surface area contributed by atoms with E-state index in [-0.39, 0.29) is 30.3 Å². The molecule has 5 nitrogen and oxygen atoms in total. The van der Waals surface area contributed by atoms with Crippen molar-refractivity contribution < 1.29 is 18.7 Å². The van der Waals surface area contributed by atoms with Gasteiger partial charge in [0.15, 0.2) is 0 Å². The standard InChI is InChI=1S/C29H33FN2O3S/c1-22-9-15-27(36-22)20-31(18-24-10-13-25(30)14-11-24)29(34)21-32(19-26-8-5-17-35-26)28(33)16-12-23-6-3-2-4-7-23/h2-4,6-7,9-11,13-15,26H,5,8,12,16-21H2,1H3/t26-/m0/s1. The average Bonchev–Trinajstić information content (AvgIpc) is 3.55. The van der Waals surface area contributed by atoms with E-state index in [4.69, 9.17) is 4.74 Å². The van der Waals surface area contributed by atoms with Gasteiger partial charge in [0.2, 0.25) is 11.8 Å². The summed E-state index contributed by atoms with van der Waals surface area (Å²) in [7, 11) is 0. The topological polar surface area (TPSA) is 49.9 Å². The predicted molar refractivity (Wildman–Crippen MR) is 140 cm³/mol. The lowest BCUT2D eigenvalue weighted by molar-refractivity contribution is -0.142. The van der Waals surface area contributed by atoms with Crippen LogP contribution in [-0.2, 0) is 33.8 Å². The molecule has 2 heterocycles. The van der Waals surface area contributed by atoms with Gasteiger partial charge >= 0.3 is 0 Å². The van der Waals surface area contributed by atoms with Crippen molar-refractivity contribution in [2.75, 3.05) is 19.7 Å². The monoisotopic (exact) mass is 508 g/mol. The van der Waals surface area contributed by atoms with Crippen molar-refractivity contribution in [1.29, 1.82) is 0 Å². The number of hydrogen-bond acceptors (Lipinski definition) is 4. The van der Waals surface area contributed by atoms with Gasteiger partial charge in [0.05, 0.1) is 19.2 Å². The molecule has 2 amide bonds. The summed E-state index contributed by atoms with van der Waals surface area (Å²) in [6.45, 7) is 3.94. The SMILES string of the molecule is Cc1ccc(CN(Cc2ccc(F)cc2)C(=O)CN(C[C@@H]2CCCO2)C(=O)CCc2ccccc2)s1. The van der Waals surface area contributed by atoms with Gasteiger partial charge in [-0.3, -0.25) is 9.59 Å². The van der Waals surface area contributed by atoms with Crippen molar-refractivity contribution in [3.8, 4) is 0 Å². The molecule has 3 aromatic rings. The summed E-state index contributed by atoms with van der Waals surface area (Å²) in [5.74, 6) is -0.481. The highest BCUT2D eigenvalue weighted by atomic mass is 32.1. The molecule has 1 fully saturated rings. The number of carbonyl (C=O) groups is 2. The summed E-state index contributed by atoms with van der Waals surface area (Å²) in [5.41, 5.74) is 1.94. The summed E-state index contributed by atoms with van der Waals surface area (Å²) in [6.07, 6.45) is 2.79. The van der Waals surface area contributed by atoms with Gasteiger partial charge < -0.3 is 14.5 Å². The summed E-state index contributed by atoms with van der Waals surface area (Å²) in [5, 5.41) is 0. The molecule has 4 rings (SSSR count). The fraction of sp³-hybridized carbons (Fsp3) is 0.379. The zero-order chi connectivity index (χ0) is 25.3. The molecule has 36 heavy (non-hydrogen) atoms. The van der Waals surface area contributed by atoms with Crippen LogP contribution in [0.1, 0.15) is 40.1 Å². The molecular formula is C29H33FN2O3S. The minimum Gasteiger partial charge on any atom is -0.376 e. The molecule has 0 aliphatic carbocycles. The number of amides is 2. The number of hydrogen-bond donors (Lipinski definition) is 0. The van der Waals surface area contributed by atoms with Crippen molar-refractivity contribution in [3.05, 3.63) is 93.4 Å². The summed E-state index contributed by atoms with van der Waals surface area (Å²) in [6, 6.07) is 20.2. The summed E-state index contributed by atoms with van der Waals surface area (Å²) >= 11 is 1.65. The molecule has 1 aliphatic rings. The van der Waals surface area contributed by atoms with Crippen molar-refractivity contribution in [1.82, 2.24) is 9.80 Å². The van der Waals surface area contributed by atoms with Crippen LogP contribution in [0.25, 0.3) is 0 Å². The zero-order valence-electron chi connectivity index (χ0n) is 20.7. The van der Waals surface area contributed by atoms with Crippen molar-refractivity contribution in [3.63, 3.8) is 0 Å². The van der Waals surface area contributed by atoms with Crippen LogP contribution in [0.2, 0.25) is 0 Å². The number of carbonyl (C=O) groups excluding carboxylic acids is 2. The maximum absolute atomic E-state index is 13.6. The third-order valence-electron chi connectivity index (χ3n) is 6.38. The van der Waals surface area contributed by atoms with E-state index in [2.05, 4.69) is 0 Å². The Labute approximate surface area is 216 Å². The molecule has 0 unspecified atom stereocenters. The zero-order valence-corrected chi connectivity index (χ0v) is 21.5. The van der Waals surface area contributed by atoms with Crippen LogP contribution in [0.15, 0.2) is 66.7 Å². The third kappa shape index (κ3) is 7.73. The van der Waals surface area contributed by atoms with Crippen molar-refractivity contribution >= 4 is 23.2 Å². The Hall–Kier alpha value is -3.03. The Kier molecular flexibility index (Phi) is 9.25. The average molecular weight is 509 g/mol. The van der Waals surface area contributed by atoms with E-state index in [9.17, 15) is 14.0 Å². The van der Waals surface area contributed by atoms with Crippen LogP contribution >= 0.6 is 11.3 Å². The first-order valence-electron chi connectivity index (χ1n) is 12.5. The van der Waals surface area contributed by atoms with Gasteiger partial charge in [-0.2, -0.15) is 0 Å². The highest BCUT2D eigenvalue weighted by Crippen LogP contribution is 2.20. The van der Waals surface area contributed by atoms with Crippen LogP contribution < -0.4 is 0 Å². The molecule has 0 N–H and O–H groups in total. The molecule has 1 aliphatic heterocycles. The van der Waals surface area contributed by atoms with Gasteiger partial charge in [0.25, 0.3) is 0 Å². The number of benzene rings is 2. The van der Waals surface area contributed by atoms with E-state index in [0.717, 1.165) is 28.8 Å². The number of aryl methyl sites for hydroxylation is 2. The second kappa shape index (κ2) is 12.8. The quantitative estimate of drug-likeness (QED) is 0.350. The van der Waals surface area contributed by atoms with Gasteiger partial charge in [-0.15, -0.1) is 11.3 Å². The molecule has 2 aromatic carbocycles. The number of ether oxygens (including phenoxy) is 1. The Morgan fingerprint density at radius 3 is 2.39 bits per heavy atom. The van der Waals surface area contributed by atoms with E-state index in [1.807, 2.05) is 49.4 Å². The van der Waals surface area contributed by atoms with E-state index in [1.54, 1.807) is 33.3 Å². The minimum atomic E-state index is -0.308. The first kappa shape index (κ1) is 26.0. The first-order valence-corrected chi connectivity index (χ1v) is 13.3. The largest absolute Gasteiger partial charge is 0.376 e. The molecule has 1 saturated heterocycles. The Morgan fingerprint density at radius 2 is 1.72 bits per heavy atom. The molecule has 1 atom stereocenters. The van der Waals surface area contributed by atoms with Gasteiger partial charge in [-0.1, -0.05) is 42.5 Å². The van der Waals surface area contributed by atoms with E-state index < -0.39 is 0 Å². The molecule has 7 heteroatoms. The van der Waals surface area contributed by atoms with Gasteiger partial charge in [-0.25, -0.2) is 4.39 Å². The van der Waals surface area contributed by atoms with E-state index in [0.29, 0.717) is 39.1 Å². The molecule has 0 spiro atoms. The van der Waals surface area contributed by atoms with Crippen LogP contribution in [0, 0.1) is 12.7 Å². The number of thiophene rings is 1. The highest BCUT2D eigenvalue weighted by Gasteiger charge is 2.26. The molecular weight excluding hydrogens is 475 g/mol. The maximum Gasteiger partial charge on any atom is 0.242 e. The molecule has 0 radical (unpaired) electrons. The van der Waals surface area contributed by atoms with Gasteiger partial charge in [0, 0.05) is 35.9 Å². The lowest BCUT2D eigenvalue weighted by atomic mass is 10.1. The van der Waals surface area contributed by atoms with Gasteiger partial charge in [-0.05, 0) is 61.6 Å². The lowest BCUT2D eigenvalue weighted by Crippen LogP contribution is -2.45. The first-order chi connectivity index (χ1) is 17.5. The second-order valence-corrected chi connectivity index (χ2v) is 10.7. The van der Waals surface area contributed by atoms with Crippen LogP contribution in [0.4, 0.5) is 4.39 Å². The smallest absolute Gasteiger partial charge is 0.242 e. The molecule has 190 valence electrons. The van der Waals surface area contributed by atoms with Crippen molar-refractivity contribution in [2.24, 2.45) is 0 Å². The molecule has 0 saturated carbocycles. The van der Waals surface area contributed by atoms with Crippen LogP contribution in [0.5, 0.6) is 0 Å². The summed E-state index contributed by atoms with van der Waals surface area (Å²) < 4.78 is 19.2. The summed E-state index contributed by atoms with van der Waals surface area (Å²) in [4.78, 5) is 32.6. The highest BCUT2D eigenvalue weighted by molar-refractivity contribution is 7.11. The number of halogens is 1. The van der Waals surface area contributed by atoms with Gasteiger partial charge in [0.1, 0.15) is 5.82 Å². The van der Waals surface area contributed by atoms with E-state index >= 15 is 0 Å². The predicted octanol–water partition coefficient (Wildman–Crippen LogP) is 5.36. The van der Waals surface area contributed by atoms with Crippen LogP contribution in [-0.4, -0.2) is 47.4 Å². The number of rotatable bonds is 11.